The summed E-state index contributed by atoms with van der Waals surface area (Å²) in [6.45, 7) is 1.98. The smallest absolute Gasteiger partial charge is 0.267 e. The van der Waals surface area contributed by atoms with Crippen molar-refractivity contribution < 1.29 is 4.79 Å². The zero-order chi connectivity index (χ0) is 15.0. The third kappa shape index (κ3) is 3.18. The molecule has 0 unspecified atom stereocenters. The molecule has 0 saturated carbocycles. The number of amides is 1. The lowest BCUT2D eigenvalue weighted by atomic mass is 10.1. The first-order valence-electron chi connectivity index (χ1n) is 7.00. The second kappa shape index (κ2) is 5.87. The van der Waals surface area contributed by atoms with E-state index < -0.39 is 0 Å². The van der Waals surface area contributed by atoms with Crippen LogP contribution in [-0.4, -0.2) is 42.0 Å². The van der Waals surface area contributed by atoms with Crippen LogP contribution >= 0.6 is 23.2 Å². The van der Waals surface area contributed by atoms with Crippen LogP contribution in [0.25, 0.3) is 10.9 Å². The summed E-state index contributed by atoms with van der Waals surface area (Å²) in [5, 5.41) is 4.98. The lowest BCUT2D eigenvalue weighted by Crippen LogP contribution is -2.46. The van der Waals surface area contributed by atoms with Crippen LogP contribution in [0, 0.1) is 0 Å². The Hall–Kier alpha value is -1.23. The van der Waals surface area contributed by atoms with Gasteiger partial charge in [0.25, 0.3) is 5.91 Å². The molecule has 1 fully saturated rings. The molecule has 1 amide bonds. The van der Waals surface area contributed by atoms with E-state index >= 15 is 0 Å². The number of hydrogen-bond acceptors (Lipinski definition) is 2. The molecule has 1 aliphatic heterocycles. The number of piperidine rings is 1. The molecule has 2 N–H and O–H groups in total. The summed E-state index contributed by atoms with van der Waals surface area (Å²) in [4.78, 5) is 17.7. The van der Waals surface area contributed by atoms with Crippen molar-refractivity contribution in [2.45, 2.75) is 18.9 Å². The van der Waals surface area contributed by atoms with Crippen LogP contribution in [0.1, 0.15) is 23.3 Å². The maximum Gasteiger partial charge on any atom is 0.267 e. The zero-order valence-electron chi connectivity index (χ0n) is 11.7. The van der Waals surface area contributed by atoms with Gasteiger partial charge in [0.2, 0.25) is 0 Å². The van der Waals surface area contributed by atoms with E-state index in [-0.39, 0.29) is 11.9 Å². The number of aromatic amines is 1. The highest BCUT2D eigenvalue weighted by Gasteiger charge is 2.20. The number of carbonyl (C=O) groups excluding carboxylic acids is 1. The number of likely N-dealkylation sites (tertiary alicyclic amines) is 1. The van der Waals surface area contributed by atoms with E-state index in [4.69, 9.17) is 23.2 Å². The summed E-state index contributed by atoms with van der Waals surface area (Å²) < 4.78 is 0. The fraction of sp³-hybridized carbons (Fsp3) is 0.400. The number of hydrogen-bond donors (Lipinski definition) is 2. The fourth-order valence-electron chi connectivity index (χ4n) is 2.83. The average molecular weight is 326 g/mol. The molecule has 4 nitrogen and oxygen atoms in total. The van der Waals surface area contributed by atoms with Crippen molar-refractivity contribution >= 4 is 40.0 Å². The monoisotopic (exact) mass is 325 g/mol. The Morgan fingerprint density at radius 2 is 2.19 bits per heavy atom. The molecule has 1 saturated heterocycles. The predicted octanol–water partition coefficient (Wildman–Crippen LogP) is 3.30. The number of aromatic nitrogens is 1. The van der Waals surface area contributed by atoms with Crippen LogP contribution in [0.15, 0.2) is 18.2 Å². The SMILES string of the molecule is CN1CCC[C@H](NC(=O)c2cc3c(Cl)cc(Cl)cc3[nH]2)C1. The number of halogens is 2. The van der Waals surface area contributed by atoms with E-state index in [1.165, 1.54) is 0 Å². The first kappa shape index (κ1) is 14.7. The minimum Gasteiger partial charge on any atom is -0.350 e. The van der Waals surface area contributed by atoms with Crippen molar-refractivity contribution in [2.24, 2.45) is 0 Å². The van der Waals surface area contributed by atoms with Crippen molar-refractivity contribution in [3.8, 4) is 0 Å². The number of fused-ring (bicyclic) bond motifs is 1. The highest BCUT2D eigenvalue weighted by atomic mass is 35.5. The van der Waals surface area contributed by atoms with Crippen LogP contribution in [0.4, 0.5) is 0 Å². The Kier molecular flexibility index (Phi) is 4.11. The summed E-state index contributed by atoms with van der Waals surface area (Å²) in [5.41, 5.74) is 1.29. The summed E-state index contributed by atoms with van der Waals surface area (Å²) in [6, 6.07) is 5.42. The zero-order valence-corrected chi connectivity index (χ0v) is 13.3. The normalized spacial score (nSPS) is 19.9. The van der Waals surface area contributed by atoms with Gasteiger partial charge >= 0.3 is 0 Å². The Balaban J connectivity index is 1.80. The molecule has 1 aliphatic rings. The van der Waals surface area contributed by atoms with Crippen molar-refractivity contribution in [1.82, 2.24) is 15.2 Å². The largest absolute Gasteiger partial charge is 0.350 e. The summed E-state index contributed by atoms with van der Waals surface area (Å²) in [7, 11) is 2.07. The van der Waals surface area contributed by atoms with Gasteiger partial charge in [-0.25, -0.2) is 0 Å². The first-order chi connectivity index (χ1) is 10.0. The minimum atomic E-state index is -0.0984. The van der Waals surface area contributed by atoms with Crippen LogP contribution < -0.4 is 5.32 Å². The lowest BCUT2D eigenvalue weighted by molar-refractivity contribution is 0.0908. The number of likely N-dealkylation sites (N-methyl/N-ethyl adjacent to an activating group) is 1. The van der Waals surface area contributed by atoms with E-state index in [1.807, 2.05) is 0 Å². The van der Waals surface area contributed by atoms with Crippen LogP contribution in [0.3, 0.4) is 0 Å². The van der Waals surface area contributed by atoms with Gasteiger partial charge in [0.05, 0.1) is 5.02 Å². The molecule has 3 rings (SSSR count). The highest BCUT2D eigenvalue weighted by Crippen LogP contribution is 2.28. The maximum atomic E-state index is 12.3. The molecule has 1 aromatic carbocycles. The van der Waals surface area contributed by atoms with Gasteiger partial charge in [-0.2, -0.15) is 0 Å². The molecule has 21 heavy (non-hydrogen) atoms. The molecule has 2 heterocycles. The molecular formula is C15H17Cl2N3O. The van der Waals surface area contributed by atoms with Crippen molar-refractivity contribution in [3.05, 3.63) is 33.9 Å². The van der Waals surface area contributed by atoms with E-state index in [1.54, 1.807) is 18.2 Å². The number of H-pyrrole nitrogens is 1. The van der Waals surface area contributed by atoms with E-state index in [0.717, 1.165) is 36.8 Å². The van der Waals surface area contributed by atoms with Crippen molar-refractivity contribution in [2.75, 3.05) is 20.1 Å². The second-order valence-corrected chi connectivity index (χ2v) is 6.45. The summed E-state index contributed by atoms with van der Waals surface area (Å²) in [6.07, 6.45) is 2.12. The van der Waals surface area contributed by atoms with Crippen molar-refractivity contribution in [3.63, 3.8) is 0 Å². The predicted molar refractivity (Wildman–Crippen MR) is 86.3 cm³/mol. The van der Waals surface area contributed by atoms with Crippen molar-refractivity contribution in [1.29, 1.82) is 0 Å². The third-order valence-electron chi connectivity index (χ3n) is 3.86. The molecule has 0 spiro atoms. The van der Waals surface area contributed by atoms with Crippen LogP contribution in [0.5, 0.6) is 0 Å². The van der Waals surface area contributed by atoms with Gasteiger partial charge in [-0.1, -0.05) is 23.2 Å². The van der Waals surface area contributed by atoms with E-state index in [9.17, 15) is 4.79 Å². The number of nitrogens with one attached hydrogen (secondary N) is 2. The van der Waals surface area contributed by atoms with Gasteiger partial charge in [0, 0.05) is 28.5 Å². The van der Waals surface area contributed by atoms with Gasteiger partial charge in [0.1, 0.15) is 5.69 Å². The van der Waals surface area contributed by atoms with Gasteiger partial charge < -0.3 is 15.2 Å². The first-order valence-corrected chi connectivity index (χ1v) is 7.75. The Morgan fingerprint density at radius 1 is 1.38 bits per heavy atom. The van der Waals surface area contributed by atoms with E-state index in [0.29, 0.717) is 15.7 Å². The number of benzene rings is 1. The molecule has 2 aromatic rings. The average Bonchev–Trinajstić information content (AvgIpc) is 2.83. The Morgan fingerprint density at radius 3 is 2.95 bits per heavy atom. The van der Waals surface area contributed by atoms with Crippen LogP contribution in [-0.2, 0) is 0 Å². The molecule has 1 aromatic heterocycles. The highest BCUT2D eigenvalue weighted by molar-refractivity contribution is 6.38. The van der Waals surface area contributed by atoms with Gasteiger partial charge in [0.15, 0.2) is 0 Å². The molecule has 112 valence electrons. The van der Waals surface area contributed by atoms with E-state index in [2.05, 4.69) is 22.2 Å². The molecular weight excluding hydrogens is 309 g/mol. The van der Waals surface area contributed by atoms with Crippen LogP contribution in [0.2, 0.25) is 10.0 Å². The molecule has 1 atom stereocenters. The topological polar surface area (TPSA) is 48.1 Å². The molecule has 0 bridgehead atoms. The minimum absolute atomic E-state index is 0.0984. The quantitative estimate of drug-likeness (QED) is 0.890. The Labute approximate surface area is 133 Å². The second-order valence-electron chi connectivity index (χ2n) is 5.61. The number of nitrogens with zero attached hydrogens (tertiary/aromatic N) is 1. The molecule has 6 heteroatoms. The lowest BCUT2D eigenvalue weighted by Gasteiger charge is -2.30. The van der Waals surface area contributed by atoms with Gasteiger partial charge in [-0.3, -0.25) is 4.79 Å². The fourth-order valence-corrected chi connectivity index (χ4v) is 3.38. The number of rotatable bonds is 2. The van der Waals surface area contributed by atoms with Gasteiger partial charge in [-0.15, -0.1) is 0 Å². The Bertz CT molecular complexity index is 683. The molecule has 0 radical (unpaired) electrons. The number of carbonyl (C=O) groups is 1. The molecule has 0 aliphatic carbocycles. The third-order valence-corrected chi connectivity index (χ3v) is 4.39. The standard InChI is InChI=1S/C15H17Cl2N3O/c1-20-4-2-3-10(8-20)18-15(21)14-7-11-12(17)5-9(16)6-13(11)19-14/h5-7,10,19H,2-4,8H2,1H3,(H,18,21)/t10-/m0/s1. The summed E-state index contributed by atoms with van der Waals surface area (Å²) in [5.74, 6) is -0.0984. The van der Waals surface area contributed by atoms with Gasteiger partial charge in [-0.05, 0) is 44.6 Å². The summed E-state index contributed by atoms with van der Waals surface area (Å²) >= 11 is 12.1. The maximum absolute atomic E-state index is 12.3.